The molecule has 0 aliphatic heterocycles. The lowest BCUT2D eigenvalue weighted by Crippen LogP contribution is -2.11. The minimum Gasteiger partial charge on any atom is -0.494 e. The van der Waals surface area contributed by atoms with Gasteiger partial charge in [-0.2, -0.15) is 0 Å². The van der Waals surface area contributed by atoms with Crippen molar-refractivity contribution in [2.75, 3.05) is 11.3 Å². The largest absolute Gasteiger partial charge is 0.494 e. The normalized spacial score (nSPS) is 11.3. The van der Waals surface area contributed by atoms with Gasteiger partial charge < -0.3 is 4.74 Å². The maximum Gasteiger partial charge on any atom is 0.271 e. The molecule has 19 heavy (non-hydrogen) atoms. The molecule has 1 N–H and O–H groups in total. The molecule has 4 nitrogen and oxygen atoms in total. The van der Waals surface area contributed by atoms with E-state index in [1.165, 1.54) is 11.3 Å². The quantitative estimate of drug-likeness (QED) is 0.921. The van der Waals surface area contributed by atoms with Gasteiger partial charge in [-0.15, -0.1) is 11.3 Å². The fourth-order valence-corrected chi connectivity index (χ4v) is 3.91. The van der Waals surface area contributed by atoms with Crippen molar-refractivity contribution in [3.05, 3.63) is 41.3 Å². The molecule has 0 unspecified atom stereocenters. The van der Waals surface area contributed by atoms with Crippen molar-refractivity contribution in [1.29, 1.82) is 0 Å². The van der Waals surface area contributed by atoms with Gasteiger partial charge in [-0.25, -0.2) is 8.42 Å². The Balaban J connectivity index is 2.23. The molecule has 1 aromatic heterocycles. The summed E-state index contributed by atoms with van der Waals surface area (Å²) in [6, 6.07) is 10.3. The zero-order valence-electron chi connectivity index (χ0n) is 10.7. The van der Waals surface area contributed by atoms with Crippen LogP contribution in [0.5, 0.6) is 5.75 Å². The topological polar surface area (TPSA) is 55.4 Å². The highest BCUT2D eigenvalue weighted by atomic mass is 32.2. The summed E-state index contributed by atoms with van der Waals surface area (Å²) >= 11 is 1.25. The summed E-state index contributed by atoms with van der Waals surface area (Å²) in [5.41, 5.74) is 0.497. The third-order valence-electron chi connectivity index (χ3n) is 2.38. The molecule has 1 heterocycles. The van der Waals surface area contributed by atoms with E-state index in [-0.39, 0.29) is 0 Å². The Labute approximate surface area is 117 Å². The van der Waals surface area contributed by atoms with Crippen LogP contribution >= 0.6 is 11.3 Å². The number of thiophene rings is 1. The maximum atomic E-state index is 12.1. The highest BCUT2D eigenvalue weighted by Gasteiger charge is 2.16. The number of benzene rings is 1. The smallest absolute Gasteiger partial charge is 0.271 e. The summed E-state index contributed by atoms with van der Waals surface area (Å²) in [5, 5.41) is 0. The molecule has 0 spiro atoms. The highest BCUT2D eigenvalue weighted by molar-refractivity contribution is 7.94. The second kappa shape index (κ2) is 5.63. The van der Waals surface area contributed by atoms with Crippen LogP contribution in [0.4, 0.5) is 5.69 Å². The van der Waals surface area contributed by atoms with E-state index in [0.717, 1.165) is 4.88 Å². The molecule has 0 aliphatic carbocycles. The molecular formula is C13H15NO3S2. The number of anilines is 1. The third-order valence-corrected chi connectivity index (χ3v) is 5.25. The molecule has 0 radical (unpaired) electrons. The summed E-state index contributed by atoms with van der Waals surface area (Å²) in [7, 11) is -3.51. The SMILES string of the molecule is CCOc1cccc(NS(=O)(=O)c2ccc(C)s2)c1. The molecule has 2 aromatic rings. The summed E-state index contributed by atoms with van der Waals surface area (Å²) < 4.78 is 32.5. The highest BCUT2D eigenvalue weighted by Crippen LogP contribution is 2.25. The zero-order valence-corrected chi connectivity index (χ0v) is 12.3. The van der Waals surface area contributed by atoms with E-state index in [0.29, 0.717) is 22.3 Å². The summed E-state index contributed by atoms with van der Waals surface area (Å²) in [6.07, 6.45) is 0. The molecule has 0 amide bonds. The van der Waals surface area contributed by atoms with Gasteiger partial charge in [-0.1, -0.05) is 6.07 Å². The summed E-state index contributed by atoms with van der Waals surface area (Å²) in [4.78, 5) is 0.962. The average Bonchev–Trinajstić information content (AvgIpc) is 2.77. The van der Waals surface area contributed by atoms with Crippen LogP contribution in [0.15, 0.2) is 40.6 Å². The minimum absolute atomic E-state index is 0.312. The number of ether oxygens (including phenoxy) is 1. The van der Waals surface area contributed by atoms with Crippen LogP contribution < -0.4 is 9.46 Å². The number of nitrogens with one attached hydrogen (secondary N) is 1. The van der Waals surface area contributed by atoms with Gasteiger partial charge in [0.05, 0.1) is 12.3 Å². The Morgan fingerprint density at radius 1 is 1.26 bits per heavy atom. The molecule has 0 saturated carbocycles. The van der Waals surface area contributed by atoms with Crippen molar-refractivity contribution in [2.45, 2.75) is 18.1 Å². The van der Waals surface area contributed by atoms with Gasteiger partial charge in [-0.05, 0) is 38.1 Å². The number of rotatable bonds is 5. The minimum atomic E-state index is -3.51. The van der Waals surface area contributed by atoms with Gasteiger partial charge in [0, 0.05) is 10.9 Å². The molecule has 2 rings (SSSR count). The van der Waals surface area contributed by atoms with Gasteiger partial charge in [-0.3, -0.25) is 4.72 Å². The lowest BCUT2D eigenvalue weighted by molar-refractivity contribution is 0.340. The Hall–Kier alpha value is -1.53. The Bertz CT molecular complexity index is 662. The van der Waals surface area contributed by atoms with Crippen LogP contribution in [0, 0.1) is 6.92 Å². The summed E-state index contributed by atoms with van der Waals surface area (Å²) in [5.74, 6) is 0.644. The number of aryl methyl sites for hydroxylation is 1. The fourth-order valence-electron chi connectivity index (χ4n) is 1.58. The standard InChI is InChI=1S/C13H15NO3S2/c1-3-17-12-6-4-5-11(9-12)14-19(15,16)13-8-7-10(2)18-13/h4-9,14H,3H2,1-2H3. The van der Waals surface area contributed by atoms with Crippen LogP contribution in [0.3, 0.4) is 0 Å². The number of hydrogen-bond donors (Lipinski definition) is 1. The van der Waals surface area contributed by atoms with Gasteiger partial charge in [0.1, 0.15) is 9.96 Å². The van der Waals surface area contributed by atoms with Gasteiger partial charge >= 0.3 is 0 Å². The van der Waals surface area contributed by atoms with Crippen molar-refractivity contribution < 1.29 is 13.2 Å². The lowest BCUT2D eigenvalue weighted by atomic mass is 10.3. The molecule has 0 saturated heterocycles. The fraction of sp³-hybridized carbons (Fsp3) is 0.231. The summed E-state index contributed by atoms with van der Waals surface area (Å²) in [6.45, 7) is 4.30. The van der Waals surface area contributed by atoms with E-state index >= 15 is 0 Å². The lowest BCUT2D eigenvalue weighted by Gasteiger charge is -2.08. The van der Waals surface area contributed by atoms with E-state index < -0.39 is 10.0 Å². The first-order chi connectivity index (χ1) is 9.01. The van der Waals surface area contributed by atoms with E-state index in [2.05, 4.69) is 4.72 Å². The molecule has 102 valence electrons. The zero-order chi connectivity index (χ0) is 13.9. The Morgan fingerprint density at radius 3 is 2.68 bits per heavy atom. The van der Waals surface area contributed by atoms with Crippen molar-refractivity contribution in [2.24, 2.45) is 0 Å². The molecule has 1 aromatic carbocycles. The van der Waals surface area contributed by atoms with Crippen molar-refractivity contribution >= 4 is 27.0 Å². The van der Waals surface area contributed by atoms with Crippen LogP contribution in [0.1, 0.15) is 11.8 Å². The van der Waals surface area contributed by atoms with Crippen molar-refractivity contribution in [1.82, 2.24) is 0 Å². The number of sulfonamides is 1. The van der Waals surface area contributed by atoms with E-state index in [9.17, 15) is 8.42 Å². The number of hydrogen-bond acceptors (Lipinski definition) is 4. The second-order valence-corrected chi connectivity index (χ2v) is 7.13. The van der Waals surface area contributed by atoms with E-state index in [4.69, 9.17) is 4.74 Å². The third kappa shape index (κ3) is 3.48. The molecule has 0 fully saturated rings. The van der Waals surface area contributed by atoms with E-state index in [1.54, 1.807) is 36.4 Å². The van der Waals surface area contributed by atoms with Gasteiger partial charge in [0.25, 0.3) is 10.0 Å². The first kappa shape index (κ1) is 13.9. The Kier molecular flexibility index (Phi) is 4.11. The molecule has 6 heteroatoms. The molecule has 0 bridgehead atoms. The molecule has 0 aliphatic rings. The predicted molar refractivity (Wildman–Crippen MR) is 77.5 cm³/mol. The van der Waals surface area contributed by atoms with Crippen molar-refractivity contribution in [3.8, 4) is 5.75 Å². The molecular weight excluding hydrogens is 282 g/mol. The second-order valence-electron chi connectivity index (χ2n) is 3.93. The first-order valence-electron chi connectivity index (χ1n) is 5.83. The van der Waals surface area contributed by atoms with Crippen LogP contribution in [-0.4, -0.2) is 15.0 Å². The van der Waals surface area contributed by atoms with Gasteiger partial charge in [0.15, 0.2) is 0 Å². The monoisotopic (exact) mass is 297 g/mol. The predicted octanol–water partition coefficient (Wildman–Crippen LogP) is 3.26. The van der Waals surface area contributed by atoms with Crippen LogP contribution in [0.25, 0.3) is 0 Å². The maximum absolute atomic E-state index is 12.1. The van der Waals surface area contributed by atoms with E-state index in [1.807, 2.05) is 13.8 Å². The average molecular weight is 297 g/mol. The molecule has 0 atom stereocenters. The van der Waals surface area contributed by atoms with Crippen LogP contribution in [0.2, 0.25) is 0 Å². The first-order valence-corrected chi connectivity index (χ1v) is 8.13. The van der Waals surface area contributed by atoms with Crippen LogP contribution in [-0.2, 0) is 10.0 Å². The van der Waals surface area contributed by atoms with Gasteiger partial charge in [0.2, 0.25) is 0 Å². The Morgan fingerprint density at radius 2 is 2.05 bits per heavy atom. The van der Waals surface area contributed by atoms with Crippen molar-refractivity contribution in [3.63, 3.8) is 0 Å².